The molecule has 0 bridgehead atoms. The number of aliphatic hydroxyl groups is 1. The quantitative estimate of drug-likeness (QED) is 0.218. The molecule has 1 aromatic carbocycles. The maximum atomic E-state index is 13.2. The maximum absolute atomic E-state index is 13.2. The highest BCUT2D eigenvalue weighted by molar-refractivity contribution is 5.92. The molecule has 10 nitrogen and oxygen atoms in total. The fourth-order valence-corrected chi connectivity index (χ4v) is 4.62. The lowest BCUT2D eigenvalue weighted by atomic mass is 9.97. The molecule has 1 aromatic rings. The van der Waals surface area contributed by atoms with E-state index in [-0.39, 0.29) is 23.8 Å². The van der Waals surface area contributed by atoms with Crippen LogP contribution < -0.4 is 21.4 Å². The smallest absolute Gasteiger partial charge is 0.258 e. The zero-order valence-corrected chi connectivity index (χ0v) is 25.0. The van der Waals surface area contributed by atoms with Crippen LogP contribution in [0.15, 0.2) is 43.5 Å². The van der Waals surface area contributed by atoms with Crippen molar-refractivity contribution in [2.45, 2.75) is 90.6 Å². The number of allylic oxidation sites excluding steroid dienone is 1. The van der Waals surface area contributed by atoms with Crippen molar-refractivity contribution in [3.05, 3.63) is 54.6 Å². The van der Waals surface area contributed by atoms with Crippen molar-refractivity contribution in [3.63, 3.8) is 0 Å². The molecular formula is C31H47N5O5. The highest BCUT2D eigenvalue weighted by Gasteiger charge is 2.34. The molecule has 1 fully saturated rings. The minimum absolute atomic E-state index is 0.220. The van der Waals surface area contributed by atoms with Gasteiger partial charge in [0.15, 0.2) is 0 Å². The van der Waals surface area contributed by atoms with Crippen LogP contribution in [0.25, 0.3) is 6.08 Å². The van der Waals surface area contributed by atoms with Gasteiger partial charge in [0.2, 0.25) is 17.7 Å². The van der Waals surface area contributed by atoms with Crippen LogP contribution in [0.1, 0.15) is 77.5 Å². The monoisotopic (exact) mass is 569 g/mol. The number of amides is 4. The zero-order valence-electron chi connectivity index (χ0n) is 25.0. The second-order valence-corrected chi connectivity index (χ2v) is 11.1. The standard InChI is InChI=1S/C31H47N5O5/c1-8-10-16-26(37)20(5)28(38)34-27(19(3)4)30(40)33-22(7)31(41)36-17-12-15-25(35-36)29(39)32-21(6)24-14-11-13-23(9-2)18-24/h8-9,11,13-14,18-22,25-27,35,37H,1-2,10,12,15-17H2,3-7H3,(H,32,39)(H,33,40)(H,34,38)/t20-,21?,22+,25+,26-,27+/m1/s1. The van der Waals surface area contributed by atoms with Crippen LogP contribution in [0.5, 0.6) is 0 Å². The van der Waals surface area contributed by atoms with Crippen molar-refractivity contribution >= 4 is 29.7 Å². The predicted molar refractivity (Wildman–Crippen MR) is 160 cm³/mol. The van der Waals surface area contributed by atoms with Crippen LogP contribution in [0.2, 0.25) is 0 Å². The first-order chi connectivity index (χ1) is 19.4. The number of nitrogens with zero attached hydrogens (tertiary/aromatic N) is 1. The molecule has 41 heavy (non-hydrogen) atoms. The molecule has 0 spiro atoms. The third-order valence-electron chi connectivity index (χ3n) is 7.41. The summed E-state index contributed by atoms with van der Waals surface area (Å²) in [5, 5.41) is 20.1. The zero-order chi connectivity index (χ0) is 30.7. The van der Waals surface area contributed by atoms with E-state index in [0.29, 0.717) is 32.2 Å². The second-order valence-electron chi connectivity index (χ2n) is 11.1. The Bertz CT molecular complexity index is 1090. The van der Waals surface area contributed by atoms with E-state index in [4.69, 9.17) is 0 Å². The summed E-state index contributed by atoms with van der Waals surface area (Å²) in [6, 6.07) is 5.13. The molecular weight excluding hydrogens is 522 g/mol. The number of hydrogen-bond donors (Lipinski definition) is 5. The van der Waals surface area contributed by atoms with E-state index in [0.717, 1.165) is 11.1 Å². The molecule has 1 saturated heterocycles. The number of carbonyl (C=O) groups excluding carboxylic acids is 4. The number of nitrogens with one attached hydrogen (secondary N) is 4. The van der Waals surface area contributed by atoms with Crippen molar-refractivity contribution in [1.82, 2.24) is 26.4 Å². The molecule has 5 N–H and O–H groups in total. The summed E-state index contributed by atoms with van der Waals surface area (Å²) < 4.78 is 0. The molecule has 1 heterocycles. The van der Waals surface area contributed by atoms with Gasteiger partial charge >= 0.3 is 0 Å². The van der Waals surface area contributed by atoms with Gasteiger partial charge in [-0.2, -0.15) is 0 Å². The molecule has 0 aromatic heterocycles. The van der Waals surface area contributed by atoms with Crippen molar-refractivity contribution in [2.24, 2.45) is 11.8 Å². The number of rotatable bonds is 14. The summed E-state index contributed by atoms with van der Waals surface area (Å²) in [5.41, 5.74) is 4.92. The number of hydrazine groups is 1. The van der Waals surface area contributed by atoms with Crippen molar-refractivity contribution in [3.8, 4) is 0 Å². The summed E-state index contributed by atoms with van der Waals surface area (Å²) in [4.78, 5) is 52.0. The molecule has 0 radical (unpaired) electrons. The van der Waals surface area contributed by atoms with E-state index in [1.165, 1.54) is 5.01 Å². The first-order valence-electron chi connectivity index (χ1n) is 14.4. The summed E-state index contributed by atoms with van der Waals surface area (Å²) in [6.07, 6.45) is 4.71. The molecule has 6 atom stereocenters. The molecule has 2 rings (SSSR count). The average molecular weight is 570 g/mol. The predicted octanol–water partition coefficient (Wildman–Crippen LogP) is 2.61. The van der Waals surface area contributed by atoms with Crippen molar-refractivity contribution < 1.29 is 24.3 Å². The molecule has 1 aliphatic rings. The van der Waals surface area contributed by atoms with Crippen LogP contribution >= 0.6 is 0 Å². The number of carbonyl (C=O) groups is 4. The highest BCUT2D eigenvalue weighted by atomic mass is 16.3. The lowest BCUT2D eigenvalue weighted by Crippen LogP contribution is -2.62. The SMILES string of the molecule is C=CCC[C@@H](O)[C@@H](C)C(=O)N[C@H](C(=O)N[C@@H](C)C(=O)N1CCC[C@@H](C(=O)NC(C)c2cccc(C=C)c2)N1)C(C)C. The van der Waals surface area contributed by atoms with Gasteiger partial charge in [-0.3, -0.25) is 24.2 Å². The van der Waals surface area contributed by atoms with E-state index in [1.807, 2.05) is 31.2 Å². The van der Waals surface area contributed by atoms with Gasteiger partial charge < -0.3 is 21.1 Å². The summed E-state index contributed by atoms with van der Waals surface area (Å²) in [6.45, 7) is 16.5. The molecule has 0 saturated carbocycles. The van der Waals surface area contributed by atoms with Gasteiger partial charge in [-0.1, -0.05) is 57.7 Å². The third-order valence-corrected chi connectivity index (χ3v) is 7.41. The van der Waals surface area contributed by atoms with E-state index in [2.05, 4.69) is 34.5 Å². The minimum atomic E-state index is -0.897. The summed E-state index contributed by atoms with van der Waals surface area (Å²) >= 11 is 0. The Hall–Kier alpha value is -3.50. The number of benzene rings is 1. The Kier molecular flexibility index (Phi) is 13.2. The van der Waals surface area contributed by atoms with Crippen molar-refractivity contribution in [1.29, 1.82) is 0 Å². The van der Waals surface area contributed by atoms with Crippen molar-refractivity contribution in [2.75, 3.05) is 6.54 Å². The third kappa shape index (κ3) is 9.82. The summed E-state index contributed by atoms with van der Waals surface area (Å²) in [7, 11) is 0. The largest absolute Gasteiger partial charge is 0.392 e. The Morgan fingerprint density at radius 3 is 2.41 bits per heavy atom. The van der Waals surface area contributed by atoms with Gasteiger partial charge in [0.1, 0.15) is 18.1 Å². The topological polar surface area (TPSA) is 140 Å². The van der Waals surface area contributed by atoms with E-state index < -0.39 is 42.0 Å². The number of hydrogen-bond acceptors (Lipinski definition) is 6. The van der Waals surface area contributed by atoms with Crippen LogP contribution in [-0.4, -0.2) is 64.5 Å². The molecule has 4 amide bonds. The van der Waals surface area contributed by atoms with Crippen LogP contribution in [0, 0.1) is 11.8 Å². The van der Waals surface area contributed by atoms with E-state index >= 15 is 0 Å². The fourth-order valence-electron chi connectivity index (χ4n) is 4.62. The molecule has 10 heteroatoms. The van der Waals surface area contributed by atoms with Crippen LogP contribution in [0.4, 0.5) is 0 Å². The Labute approximate surface area is 244 Å². The lowest BCUT2D eigenvalue weighted by molar-refractivity contribution is -0.143. The van der Waals surface area contributed by atoms with Crippen LogP contribution in [-0.2, 0) is 19.2 Å². The van der Waals surface area contributed by atoms with Crippen LogP contribution in [0.3, 0.4) is 0 Å². The molecule has 226 valence electrons. The Morgan fingerprint density at radius 1 is 1.07 bits per heavy atom. The lowest BCUT2D eigenvalue weighted by Gasteiger charge is -2.35. The van der Waals surface area contributed by atoms with E-state index in [9.17, 15) is 24.3 Å². The first-order valence-corrected chi connectivity index (χ1v) is 14.4. The Morgan fingerprint density at radius 2 is 1.78 bits per heavy atom. The average Bonchev–Trinajstić information content (AvgIpc) is 2.97. The van der Waals surface area contributed by atoms with Gasteiger partial charge in [0, 0.05) is 6.54 Å². The van der Waals surface area contributed by atoms with Gasteiger partial charge in [-0.15, -0.1) is 6.58 Å². The van der Waals surface area contributed by atoms with E-state index in [1.54, 1.807) is 39.8 Å². The van der Waals surface area contributed by atoms with Gasteiger partial charge in [0.05, 0.1) is 18.1 Å². The first kappa shape index (κ1) is 33.7. The normalized spacial score (nSPS) is 18.8. The van der Waals surface area contributed by atoms with Gasteiger partial charge in [-0.05, 0) is 62.6 Å². The molecule has 0 aliphatic carbocycles. The minimum Gasteiger partial charge on any atom is -0.392 e. The Balaban J connectivity index is 1.96. The molecule has 1 aliphatic heterocycles. The highest BCUT2D eigenvalue weighted by Crippen LogP contribution is 2.17. The molecule has 1 unspecified atom stereocenters. The fraction of sp³-hybridized carbons (Fsp3) is 0.548. The number of aliphatic hydroxyl groups excluding tert-OH is 1. The summed E-state index contributed by atoms with van der Waals surface area (Å²) in [5.74, 6) is -2.51. The van der Waals surface area contributed by atoms with Gasteiger partial charge in [0.25, 0.3) is 5.91 Å². The second kappa shape index (κ2) is 16.1. The maximum Gasteiger partial charge on any atom is 0.258 e. The van der Waals surface area contributed by atoms with Gasteiger partial charge in [-0.25, -0.2) is 5.43 Å².